The number of rotatable bonds is 8. The molecule has 2 aromatic carbocycles. The standard InChI is InChI=1S/C25H29N3O4/c1-24(2,13-30-14-26-3)22-11-16-10-18(5-6-19(16)28-22)27-23(29)25(8-9-25)17-4-7-20-21(12-17)32-15-31-20/h4-7,10-12,26,28H,8-9,13-15H2,1-3H3,(H,27,29). The maximum absolute atomic E-state index is 13.2. The van der Waals surface area contributed by atoms with Crippen molar-refractivity contribution in [1.29, 1.82) is 0 Å². The maximum Gasteiger partial charge on any atom is 0.235 e. The third-order valence-electron chi connectivity index (χ3n) is 6.43. The van der Waals surface area contributed by atoms with Crippen LogP contribution in [0.4, 0.5) is 5.69 Å². The van der Waals surface area contributed by atoms with Crippen LogP contribution in [0.15, 0.2) is 42.5 Å². The molecule has 2 heterocycles. The average molecular weight is 436 g/mol. The number of aromatic amines is 1. The van der Waals surface area contributed by atoms with Gasteiger partial charge < -0.3 is 24.5 Å². The number of hydrogen-bond donors (Lipinski definition) is 3. The largest absolute Gasteiger partial charge is 0.454 e. The molecule has 0 radical (unpaired) electrons. The topological polar surface area (TPSA) is 84.6 Å². The Hall–Kier alpha value is -3.03. The van der Waals surface area contributed by atoms with Crippen molar-refractivity contribution in [2.24, 2.45) is 0 Å². The number of H-pyrrole nitrogens is 1. The summed E-state index contributed by atoms with van der Waals surface area (Å²) in [6, 6.07) is 13.9. The molecule has 0 unspecified atom stereocenters. The van der Waals surface area contributed by atoms with Crippen molar-refractivity contribution in [2.45, 2.75) is 37.5 Å². The van der Waals surface area contributed by atoms with Crippen LogP contribution in [0.2, 0.25) is 0 Å². The number of ether oxygens (including phenoxy) is 3. The second kappa shape index (κ2) is 7.83. The van der Waals surface area contributed by atoms with E-state index in [4.69, 9.17) is 14.2 Å². The first-order valence-electron chi connectivity index (χ1n) is 11.0. The molecule has 7 heteroatoms. The normalized spacial score (nSPS) is 16.3. The second-order valence-electron chi connectivity index (χ2n) is 9.32. The maximum atomic E-state index is 13.2. The Bertz CT molecular complexity index is 1160. The van der Waals surface area contributed by atoms with Gasteiger partial charge >= 0.3 is 0 Å². The summed E-state index contributed by atoms with van der Waals surface area (Å²) < 4.78 is 16.6. The van der Waals surface area contributed by atoms with Crippen LogP contribution in [0.25, 0.3) is 10.9 Å². The highest BCUT2D eigenvalue weighted by atomic mass is 16.7. The van der Waals surface area contributed by atoms with Gasteiger partial charge in [-0.05, 0) is 61.9 Å². The molecule has 168 valence electrons. The Morgan fingerprint density at radius 3 is 2.72 bits per heavy atom. The molecule has 1 aromatic heterocycles. The lowest BCUT2D eigenvalue weighted by Gasteiger charge is -2.23. The van der Waals surface area contributed by atoms with Crippen molar-refractivity contribution in [3.8, 4) is 11.5 Å². The van der Waals surface area contributed by atoms with Crippen LogP contribution in [-0.2, 0) is 20.4 Å². The summed E-state index contributed by atoms with van der Waals surface area (Å²) >= 11 is 0. The molecule has 1 aliphatic heterocycles. The smallest absolute Gasteiger partial charge is 0.235 e. The molecule has 2 aliphatic rings. The van der Waals surface area contributed by atoms with E-state index >= 15 is 0 Å². The number of nitrogens with one attached hydrogen (secondary N) is 3. The lowest BCUT2D eigenvalue weighted by molar-refractivity contribution is -0.118. The highest BCUT2D eigenvalue weighted by molar-refractivity contribution is 6.02. The highest BCUT2D eigenvalue weighted by Gasteiger charge is 2.51. The van der Waals surface area contributed by atoms with Crippen molar-refractivity contribution in [3.63, 3.8) is 0 Å². The van der Waals surface area contributed by atoms with Crippen LogP contribution in [-0.4, -0.2) is 38.1 Å². The van der Waals surface area contributed by atoms with Crippen molar-refractivity contribution >= 4 is 22.5 Å². The van der Waals surface area contributed by atoms with Gasteiger partial charge in [-0.15, -0.1) is 0 Å². The summed E-state index contributed by atoms with van der Waals surface area (Å²) in [7, 11) is 1.87. The second-order valence-corrected chi connectivity index (χ2v) is 9.32. The SMILES string of the molecule is CNCOCC(C)(C)c1cc2cc(NC(=O)C3(c4ccc5c(c4)OCO5)CC3)ccc2[nH]1. The predicted molar refractivity (Wildman–Crippen MR) is 123 cm³/mol. The molecule has 1 aliphatic carbocycles. The molecule has 1 amide bonds. The monoisotopic (exact) mass is 435 g/mol. The molecule has 0 saturated heterocycles. The molecular weight excluding hydrogens is 406 g/mol. The molecule has 3 aromatic rings. The van der Waals surface area contributed by atoms with Gasteiger partial charge in [0.15, 0.2) is 11.5 Å². The van der Waals surface area contributed by atoms with E-state index in [1.165, 1.54) is 0 Å². The van der Waals surface area contributed by atoms with E-state index in [1.807, 2.05) is 43.4 Å². The molecule has 3 N–H and O–H groups in total. The van der Waals surface area contributed by atoms with Gasteiger partial charge in [0, 0.05) is 27.7 Å². The molecule has 0 bridgehead atoms. The zero-order chi connectivity index (χ0) is 22.3. The molecule has 0 atom stereocenters. The third-order valence-corrected chi connectivity index (χ3v) is 6.43. The van der Waals surface area contributed by atoms with E-state index in [0.717, 1.165) is 46.4 Å². The molecule has 1 saturated carbocycles. The summed E-state index contributed by atoms with van der Waals surface area (Å²) in [6.07, 6.45) is 1.66. The lowest BCUT2D eigenvalue weighted by atomic mass is 9.90. The van der Waals surface area contributed by atoms with Gasteiger partial charge in [-0.1, -0.05) is 19.9 Å². The molecular formula is C25H29N3O4. The number of hydrogen-bond acceptors (Lipinski definition) is 5. The quantitative estimate of drug-likeness (QED) is 0.367. The summed E-state index contributed by atoms with van der Waals surface area (Å²) in [4.78, 5) is 16.7. The molecule has 1 fully saturated rings. The number of carbonyl (C=O) groups is 1. The minimum Gasteiger partial charge on any atom is -0.454 e. The fraction of sp³-hybridized carbons (Fsp3) is 0.400. The number of amides is 1. The van der Waals surface area contributed by atoms with Crippen LogP contribution < -0.4 is 20.1 Å². The van der Waals surface area contributed by atoms with Gasteiger partial charge in [0.2, 0.25) is 12.7 Å². The number of anilines is 1. The van der Waals surface area contributed by atoms with Crippen LogP contribution in [0, 0.1) is 0 Å². The first kappa shape index (κ1) is 20.8. The Morgan fingerprint density at radius 2 is 1.94 bits per heavy atom. The van der Waals surface area contributed by atoms with Gasteiger partial charge in [0.1, 0.15) is 0 Å². The van der Waals surface area contributed by atoms with Gasteiger partial charge in [-0.25, -0.2) is 0 Å². The van der Waals surface area contributed by atoms with E-state index in [1.54, 1.807) is 0 Å². The number of fused-ring (bicyclic) bond motifs is 2. The Morgan fingerprint density at radius 1 is 1.12 bits per heavy atom. The minimum atomic E-state index is -0.494. The first-order valence-corrected chi connectivity index (χ1v) is 11.0. The van der Waals surface area contributed by atoms with Crippen LogP contribution in [0.1, 0.15) is 37.9 Å². The van der Waals surface area contributed by atoms with Crippen molar-refractivity contribution < 1.29 is 19.0 Å². The van der Waals surface area contributed by atoms with Crippen LogP contribution in [0.5, 0.6) is 11.5 Å². The van der Waals surface area contributed by atoms with E-state index in [-0.39, 0.29) is 18.1 Å². The fourth-order valence-corrected chi connectivity index (χ4v) is 4.28. The van der Waals surface area contributed by atoms with E-state index in [2.05, 4.69) is 35.5 Å². The third kappa shape index (κ3) is 3.72. The summed E-state index contributed by atoms with van der Waals surface area (Å²) in [6.45, 7) is 5.65. The van der Waals surface area contributed by atoms with Gasteiger partial charge in [0.25, 0.3) is 0 Å². The van der Waals surface area contributed by atoms with E-state index in [0.29, 0.717) is 19.1 Å². The van der Waals surface area contributed by atoms with E-state index < -0.39 is 5.41 Å². The molecule has 5 rings (SSSR count). The average Bonchev–Trinajstić information content (AvgIpc) is 3.25. The van der Waals surface area contributed by atoms with Crippen molar-refractivity contribution in [3.05, 3.63) is 53.7 Å². The zero-order valence-electron chi connectivity index (χ0n) is 18.7. The Labute approximate surface area is 187 Å². The number of aromatic nitrogens is 1. The summed E-state index contributed by atoms with van der Waals surface area (Å²) in [5.74, 6) is 1.47. The predicted octanol–water partition coefficient (Wildman–Crippen LogP) is 4.04. The van der Waals surface area contributed by atoms with Gasteiger partial charge in [-0.2, -0.15) is 0 Å². The van der Waals surface area contributed by atoms with Gasteiger partial charge in [-0.3, -0.25) is 10.1 Å². The highest BCUT2D eigenvalue weighted by Crippen LogP contribution is 2.51. The zero-order valence-corrected chi connectivity index (χ0v) is 18.7. The van der Waals surface area contributed by atoms with Gasteiger partial charge in [0.05, 0.1) is 18.8 Å². The molecule has 0 spiro atoms. The van der Waals surface area contributed by atoms with Crippen molar-refractivity contribution in [2.75, 3.05) is 32.5 Å². The number of benzene rings is 2. The Balaban J connectivity index is 1.33. The molecule has 32 heavy (non-hydrogen) atoms. The lowest BCUT2D eigenvalue weighted by Crippen LogP contribution is -2.27. The molecule has 7 nitrogen and oxygen atoms in total. The van der Waals surface area contributed by atoms with Crippen molar-refractivity contribution in [1.82, 2.24) is 10.3 Å². The summed E-state index contributed by atoms with van der Waals surface area (Å²) in [5.41, 5.74) is 3.27. The summed E-state index contributed by atoms with van der Waals surface area (Å²) in [5, 5.41) is 7.20. The first-order chi connectivity index (χ1) is 15.4. The fourth-order valence-electron chi connectivity index (χ4n) is 4.28. The van der Waals surface area contributed by atoms with Crippen LogP contribution in [0.3, 0.4) is 0 Å². The number of carbonyl (C=O) groups excluding carboxylic acids is 1. The van der Waals surface area contributed by atoms with Crippen LogP contribution >= 0.6 is 0 Å². The van der Waals surface area contributed by atoms with E-state index in [9.17, 15) is 4.79 Å². The Kier molecular flexibility index (Phi) is 5.10. The minimum absolute atomic E-state index is 0.0206.